The first-order chi connectivity index (χ1) is 8.20. The van der Waals surface area contributed by atoms with Gasteiger partial charge in [-0.25, -0.2) is 4.39 Å². The molecule has 2 rings (SSSR count). The molecule has 0 aliphatic rings. The summed E-state index contributed by atoms with van der Waals surface area (Å²) in [4.78, 5) is 0. The van der Waals surface area contributed by atoms with Crippen molar-refractivity contribution in [3.05, 3.63) is 53.6 Å². The van der Waals surface area contributed by atoms with Gasteiger partial charge in [-0.3, -0.25) is 4.68 Å². The van der Waals surface area contributed by atoms with E-state index in [-0.39, 0.29) is 5.82 Å². The van der Waals surface area contributed by atoms with Crippen molar-refractivity contribution in [1.82, 2.24) is 9.78 Å². The van der Waals surface area contributed by atoms with Crippen LogP contribution in [0.2, 0.25) is 0 Å². The summed E-state index contributed by atoms with van der Waals surface area (Å²) in [7, 11) is 0. The maximum absolute atomic E-state index is 12.7. The van der Waals surface area contributed by atoms with Crippen molar-refractivity contribution in [1.29, 1.82) is 0 Å². The number of benzene rings is 1. The average molecular weight is 234 g/mol. The van der Waals surface area contributed by atoms with Crippen molar-refractivity contribution in [3.63, 3.8) is 0 Å². The summed E-state index contributed by atoms with van der Waals surface area (Å²) in [6.07, 6.45) is 1.53. The summed E-state index contributed by atoms with van der Waals surface area (Å²) in [6, 6.07) is 7.98. The van der Waals surface area contributed by atoms with Crippen LogP contribution in [-0.4, -0.2) is 14.9 Å². The summed E-state index contributed by atoms with van der Waals surface area (Å²) in [5, 5.41) is 14.2. The molecule has 0 aliphatic heterocycles. The Morgan fingerprint density at radius 1 is 1.29 bits per heavy atom. The zero-order valence-electron chi connectivity index (χ0n) is 9.68. The number of halogens is 1. The molecule has 1 unspecified atom stereocenters. The van der Waals surface area contributed by atoms with Gasteiger partial charge in [0.2, 0.25) is 0 Å². The van der Waals surface area contributed by atoms with Gasteiger partial charge in [0.15, 0.2) is 0 Å². The van der Waals surface area contributed by atoms with Crippen LogP contribution in [0.4, 0.5) is 4.39 Å². The molecular formula is C13H15FN2O. The van der Waals surface area contributed by atoms with Crippen molar-refractivity contribution in [3.8, 4) is 0 Å². The van der Waals surface area contributed by atoms with E-state index in [2.05, 4.69) is 5.10 Å². The fourth-order valence-electron chi connectivity index (χ4n) is 1.84. The van der Waals surface area contributed by atoms with Gasteiger partial charge in [0.05, 0.1) is 11.8 Å². The molecule has 0 fully saturated rings. The quantitative estimate of drug-likeness (QED) is 0.881. The molecule has 0 aliphatic carbocycles. The first-order valence-corrected chi connectivity index (χ1v) is 5.65. The van der Waals surface area contributed by atoms with Gasteiger partial charge < -0.3 is 5.11 Å². The molecule has 3 nitrogen and oxygen atoms in total. The Morgan fingerprint density at radius 2 is 2.00 bits per heavy atom. The summed E-state index contributed by atoms with van der Waals surface area (Å²) < 4.78 is 14.5. The fraction of sp³-hybridized carbons (Fsp3) is 0.308. The summed E-state index contributed by atoms with van der Waals surface area (Å²) in [5.41, 5.74) is 1.69. The van der Waals surface area contributed by atoms with Crippen LogP contribution in [0.15, 0.2) is 36.5 Å². The number of aryl methyl sites for hydroxylation is 1. The zero-order chi connectivity index (χ0) is 12.3. The molecule has 0 saturated heterocycles. The van der Waals surface area contributed by atoms with E-state index in [1.54, 1.807) is 29.1 Å². The van der Waals surface area contributed by atoms with Crippen molar-refractivity contribution in [2.24, 2.45) is 0 Å². The second kappa shape index (κ2) is 5.10. The topological polar surface area (TPSA) is 38.0 Å². The van der Waals surface area contributed by atoms with E-state index in [1.165, 1.54) is 12.1 Å². The third-order valence-electron chi connectivity index (χ3n) is 2.73. The van der Waals surface area contributed by atoms with Gasteiger partial charge in [0.25, 0.3) is 0 Å². The van der Waals surface area contributed by atoms with Crippen LogP contribution < -0.4 is 0 Å². The lowest BCUT2D eigenvalue weighted by molar-refractivity contribution is 0.167. The first kappa shape index (κ1) is 11.8. The summed E-state index contributed by atoms with van der Waals surface area (Å²) in [6.45, 7) is 2.70. The van der Waals surface area contributed by atoms with E-state index in [0.29, 0.717) is 6.42 Å². The molecule has 1 aromatic heterocycles. The SMILES string of the molecule is CCn1nccc1C(O)Cc1ccc(F)cc1. The molecule has 1 atom stereocenters. The van der Waals surface area contributed by atoms with Gasteiger partial charge in [0, 0.05) is 19.2 Å². The smallest absolute Gasteiger partial charge is 0.123 e. The molecule has 1 N–H and O–H groups in total. The minimum absolute atomic E-state index is 0.262. The van der Waals surface area contributed by atoms with Crippen LogP contribution in [0.3, 0.4) is 0 Å². The summed E-state index contributed by atoms with van der Waals surface area (Å²) >= 11 is 0. The molecule has 0 amide bonds. The highest BCUT2D eigenvalue weighted by molar-refractivity contribution is 5.19. The highest BCUT2D eigenvalue weighted by Gasteiger charge is 2.12. The van der Waals surface area contributed by atoms with Crippen LogP contribution in [0.25, 0.3) is 0 Å². The predicted molar refractivity (Wildman–Crippen MR) is 63.0 cm³/mol. The second-order valence-electron chi connectivity index (χ2n) is 3.92. The number of nitrogens with zero attached hydrogens (tertiary/aromatic N) is 2. The second-order valence-corrected chi connectivity index (χ2v) is 3.92. The molecule has 90 valence electrons. The molecule has 1 heterocycles. The lowest BCUT2D eigenvalue weighted by Gasteiger charge is -2.12. The highest BCUT2D eigenvalue weighted by Crippen LogP contribution is 2.18. The van der Waals surface area contributed by atoms with Gasteiger partial charge in [0.1, 0.15) is 5.82 Å². The van der Waals surface area contributed by atoms with Gasteiger partial charge >= 0.3 is 0 Å². The molecule has 1 aromatic carbocycles. The lowest BCUT2D eigenvalue weighted by atomic mass is 10.1. The molecule has 2 aromatic rings. The van der Waals surface area contributed by atoms with E-state index < -0.39 is 6.10 Å². The lowest BCUT2D eigenvalue weighted by Crippen LogP contribution is -2.10. The fourth-order valence-corrected chi connectivity index (χ4v) is 1.84. The van der Waals surface area contributed by atoms with E-state index in [0.717, 1.165) is 17.8 Å². The molecule has 0 bridgehead atoms. The van der Waals surface area contributed by atoms with E-state index >= 15 is 0 Å². The number of aliphatic hydroxyl groups excluding tert-OH is 1. The zero-order valence-corrected chi connectivity index (χ0v) is 9.68. The van der Waals surface area contributed by atoms with Crippen molar-refractivity contribution >= 4 is 0 Å². The van der Waals surface area contributed by atoms with Crippen molar-refractivity contribution < 1.29 is 9.50 Å². The summed E-state index contributed by atoms with van der Waals surface area (Å²) in [5.74, 6) is -0.262. The standard InChI is InChI=1S/C13H15FN2O/c1-2-16-12(7-8-15-16)13(17)9-10-3-5-11(14)6-4-10/h3-8,13,17H,2,9H2,1H3. The Bertz CT molecular complexity index is 478. The minimum atomic E-state index is -0.608. The predicted octanol–water partition coefficient (Wildman–Crippen LogP) is 2.32. The molecule has 17 heavy (non-hydrogen) atoms. The maximum Gasteiger partial charge on any atom is 0.123 e. The maximum atomic E-state index is 12.7. The van der Waals surface area contributed by atoms with Gasteiger partial charge in [-0.05, 0) is 30.7 Å². The van der Waals surface area contributed by atoms with Crippen LogP contribution in [0, 0.1) is 5.82 Å². The molecule has 4 heteroatoms. The van der Waals surface area contributed by atoms with Crippen molar-refractivity contribution in [2.45, 2.75) is 26.0 Å². The normalized spacial score (nSPS) is 12.6. The third-order valence-corrected chi connectivity index (χ3v) is 2.73. The first-order valence-electron chi connectivity index (χ1n) is 5.65. The van der Waals surface area contributed by atoms with Gasteiger partial charge in [-0.1, -0.05) is 12.1 Å². The number of aliphatic hydroxyl groups is 1. The Morgan fingerprint density at radius 3 is 2.65 bits per heavy atom. The number of rotatable bonds is 4. The minimum Gasteiger partial charge on any atom is -0.386 e. The number of hydrogen-bond donors (Lipinski definition) is 1. The molecule has 0 spiro atoms. The van der Waals surface area contributed by atoms with Crippen LogP contribution in [-0.2, 0) is 13.0 Å². The van der Waals surface area contributed by atoms with E-state index in [4.69, 9.17) is 0 Å². The third kappa shape index (κ3) is 2.71. The van der Waals surface area contributed by atoms with Crippen LogP contribution >= 0.6 is 0 Å². The number of hydrogen-bond acceptors (Lipinski definition) is 2. The van der Waals surface area contributed by atoms with E-state index in [1.807, 2.05) is 6.92 Å². The van der Waals surface area contributed by atoms with Crippen LogP contribution in [0.1, 0.15) is 24.3 Å². The van der Waals surface area contributed by atoms with Crippen LogP contribution in [0.5, 0.6) is 0 Å². The largest absolute Gasteiger partial charge is 0.386 e. The van der Waals surface area contributed by atoms with Crippen molar-refractivity contribution in [2.75, 3.05) is 0 Å². The average Bonchev–Trinajstić information content (AvgIpc) is 2.80. The van der Waals surface area contributed by atoms with E-state index in [9.17, 15) is 9.50 Å². The Hall–Kier alpha value is -1.68. The Kier molecular flexibility index (Phi) is 3.54. The van der Waals surface area contributed by atoms with Gasteiger partial charge in [-0.2, -0.15) is 5.10 Å². The Balaban J connectivity index is 2.11. The monoisotopic (exact) mass is 234 g/mol. The highest BCUT2D eigenvalue weighted by atomic mass is 19.1. The van der Waals surface area contributed by atoms with Gasteiger partial charge in [-0.15, -0.1) is 0 Å². The molecule has 0 radical (unpaired) electrons. The Labute approximate surface area is 99.5 Å². The number of aromatic nitrogens is 2. The molecule has 0 saturated carbocycles. The molecular weight excluding hydrogens is 219 g/mol.